The third kappa shape index (κ3) is 12.1. The number of carbonyl (C=O) groups is 1. The summed E-state index contributed by atoms with van der Waals surface area (Å²) in [5, 5.41) is 0. The van der Waals surface area contributed by atoms with E-state index in [0.29, 0.717) is 13.0 Å². The van der Waals surface area contributed by atoms with Gasteiger partial charge in [0.2, 0.25) is 0 Å². The van der Waals surface area contributed by atoms with Crippen LogP contribution in [0.2, 0.25) is 0 Å². The maximum atomic E-state index is 12.0. The highest BCUT2D eigenvalue weighted by atomic mass is 16.5. The van der Waals surface area contributed by atoms with E-state index >= 15 is 0 Å². The molecule has 0 unspecified atom stereocenters. The molecule has 0 fully saturated rings. The topological polar surface area (TPSA) is 26.3 Å². The fourth-order valence-electron chi connectivity index (χ4n) is 3.53. The molecule has 22 heavy (non-hydrogen) atoms. The smallest absolute Gasteiger partial charge is 0.305 e. The molecule has 0 bridgehead atoms. The summed E-state index contributed by atoms with van der Waals surface area (Å²) in [5.41, 5.74) is 0.683. The van der Waals surface area contributed by atoms with Crippen molar-refractivity contribution in [2.75, 3.05) is 6.61 Å². The maximum Gasteiger partial charge on any atom is 0.305 e. The zero-order chi connectivity index (χ0) is 17.8. The first-order valence-corrected chi connectivity index (χ1v) is 8.67. The lowest BCUT2D eigenvalue weighted by molar-refractivity contribution is -0.149. The van der Waals surface area contributed by atoms with Crippen LogP contribution in [0.5, 0.6) is 0 Å². The first-order chi connectivity index (χ1) is 9.52. The summed E-state index contributed by atoms with van der Waals surface area (Å²) in [6.45, 7) is 22.8. The number of hydrogen-bond donors (Lipinski definition) is 0. The second kappa shape index (κ2) is 7.36. The fourth-order valence-corrected chi connectivity index (χ4v) is 3.53. The minimum atomic E-state index is -0.0519. The first-order valence-electron chi connectivity index (χ1n) is 8.67. The van der Waals surface area contributed by atoms with Gasteiger partial charge >= 0.3 is 5.97 Å². The molecule has 132 valence electrons. The van der Waals surface area contributed by atoms with Crippen LogP contribution in [0.25, 0.3) is 0 Å². The highest BCUT2D eigenvalue weighted by Crippen LogP contribution is 2.42. The molecule has 0 aliphatic heterocycles. The zero-order valence-corrected chi connectivity index (χ0v) is 16.9. The van der Waals surface area contributed by atoms with Gasteiger partial charge in [0.15, 0.2) is 0 Å². The largest absolute Gasteiger partial charge is 0.465 e. The molecule has 0 saturated heterocycles. The molecule has 0 aromatic heterocycles. The molecule has 0 atom stereocenters. The van der Waals surface area contributed by atoms with Gasteiger partial charge in [-0.2, -0.15) is 0 Å². The van der Waals surface area contributed by atoms with Crippen molar-refractivity contribution in [3.05, 3.63) is 0 Å². The summed E-state index contributed by atoms with van der Waals surface area (Å²) in [6.07, 6.45) is 3.51. The minimum Gasteiger partial charge on any atom is -0.465 e. The second-order valence-electron chi connectivity index (χ2n) is 11.0. The SMILES string of the molecule is CC(C)(C)CCC(=O)OCC(C)(CC(C)(C)C)CC(C)(C)C. The van der Waals surface area contributed by atoms with Crippen molar-refractivity contribution < 1.29 is 9.53 Å². The summed E-state index contributed by atoms with van der Waals surface area (Å²) in [4.78, 5) is 12.0. The summed E-state index contributed by atoms with van der Waals surface area (Å²) in [5.74, 6) is -0.0519. The summed E-state index contributed by atoms with van der Waals surface area (Å²) in [6, 6.07) is 0. The lowest BCUT2D eigenvalue weighted by Gasteiger charge is -2.39. The van der Waals surface area contributed by atoms with Crippen LogP contribution in [0.15, 0.2) is 0 Å². The van der Waals surface area contributed by atoms with E-state index in [-0.39, 0.29) is 27.6 Å². The molecular formula is C20H40O2. The predicted molar refractivity (Wildman–Crippen MR) is 95.9 cm³/mol. The summed E-state index contributed by atoms with van der Waals surface area (Å²) in [7, 11) is 0. The highest BCUT2D eigenvalue weighted by Gasteiger charge is 2.35. The number of hydrogen-bond acceptors (Lipinski definition) is 2. The Kier molecular flexibility index (Phi) is 7.18. The van der Waals surface area contributed by atoms with Crippen molar-refractivity contribution in [3.8, 4) is 0 Å². The average Bonchev–Trinajstić information content (AvgIpc) is 2.17. The molecule has 0 saturated carbocycles. The molecule has 0 aliphatic rings. The Balaban J connectivity index is 4.69. The van der Waals surface area contributed by atoms with E-state index in [0.717, 1.165) is 19.3 Å². The highest BCUT2D eigenvalue weighted by molar-refractivity contribution is 5.69. The average molecular weight is 313 g/mol. The van der Waals surface area contributed by atoms with Crippen molar-refractivity contribution in [3.63, 3.8) is 0 Å². The van der Waals surface area contributed by atoms with E-state index in [4.69, 9.17) is 4.74 Å². The van der Waals surface area contributed by atoms with Crippen molar-refractivity contribution >= 4 is 5.97 Å². The monoisotopic (exact) mass is 312 g/mol. The van der Waals surface area contributed by atoms with E-state index in [9.17, 15) is 4.79 Å². The van der Waals surface area contributed by atoms with E-state index in [1.165, 1.54) is 0 Å². The third-order valence-corrected chi connectivity index (χ3v) is 3.57. The molecule has 0 aromatic rings. The molecule has 0 amide bonds. The van der Waals surface area contributed by atoms with Gasteiger partial charge in [0.1, 0.15) is 0 Å². The maximum absolute atomic E-state index is 12.0. The standard InChI is InChI=1S/C20H40O2/c1-17(2,3)12-11-16(21)22-15-20(10,13-18(4,5)6)14-19(7,8)9/h11-15H2,1-10H3. The Morgan fingerprint density at radius 1 is 0.727 bits per heavy atom. The third-order valence-electron chi connectivity index (χ3n) is 3.57. The number of rotatable bonds is 6. The molecule has 0 rings (SSSR count). The molecule has 0 N–H and O–H groups in total. The van der Waals surface area contributed by atoms with Crippen LogP contribution in [0.4, 0.5) is 0 Å². The van der Waals surface area contributed by atoms with Gasteiger partial charge in [-0.05, 0) is 35.5 Å². The van der Waals surface area contributed by atoms with Crippen LogP contribution in [0, 0.1) is 21.7 Å². The van der Waals surface area contributed by atoms with Crippen molar-refractivity contribution in [1.29, 1.82) is 0 Å². The molecule has 2 heteroatoms. The lowest BCUT2D eigenvalue weighted by atomic mass is 9.68. The fraction of sp³-hybridized carbons (Fsp3) is 0.950. The van der Waals surface area contributed by atoms with Crippen molar-refractivity contribution in [2.45, 2.75) is 94.9 Å². The van der Waals surface area contributed by atoms with Crippen LogP contribution in [-0.2, 0) is 9.53 Å². The molecule has 0 heterocycles. The predicted octanol–water partition coefficient (Wildman–Crippen LogP) is 6.23. The van der Waals surface area contributed by atoms with E-state index < -0.39 is 0 Å². The molecule has 0 aromatic carbocycles. The molecule has 0 spiro atoms. The lowest BCUT2D eigenvalue weighted by Crippen LogP contribution is -2.34. The Hall–Kier alpha value is -0.530. The van der Waals surface area contributed by atoms with Crippen LogP contribution in [0.3, 0.4) is 0 Å². The van der Waals surface area contributed by atoms with Crippen molar-refractivity contribution in [2.24, 2.45) is 21.7 Å². The number of carbonyl (C=O) groups excluding carboxylic acids is 1. The molecule has 2 nitrogen and oxygen atoms in total. The van der Waals surface area contributed by atoms with Crippen LogP contribution in [0.1, 0.15) is 94.9 Å². The van der Waals surface area contributed by atoms with Crippen LogP contribution < -0.4 is 0 Å². The van der Waals surface area contributed by atoms with E-state index in [1.54, 1.807) is 0 Å². The summed E-state index contributed by atoms with van der Waals surface area (Å²) >= 11 is 0. The number of esters is 1. The summed E-state index contributed by atoms with van der Waals surface area (Å²) < 4.78 is 5.66. The van der Waals surface area contributed by atoms with Gasteiger partial charge in [0.25, 0.3) is 0 Å². The number of ether oxygens (including phenoxy) is 1. The van der Waals surface area contributed by atoms with Gasteiger partial charge in [0, 0.05) is 11.8 Å². The normalized spacial score (nSPS) is 14.1. The van der Waals surface area contributed by atoms with Gasteiger partial charge in [0.05, 0.1) is 6.61 Å². The first kappa shape index (κ1) is 21.5. The van der Waals surface area contributed by atoms with Gasteiger partial charge in [-0.15, -0.1) is 0 Å². The van der Waals surface area contributed by atoms with Crippen LogP contribution >= 0.6 is 0 Å². The molecule has 0 radical (unpaired) electrons. The van der Waals surface area contributed by atoms with E-state index in [2.05, 4.69) is 69.2 Å². The quantitative estimate of drug-likeness (QED) is 0.543. The Morgan fingerprint density at radius 2 is 1.14 bits per heavy atom. The molecule has 0 aliphatic carbocycles. The van der Waals surface area contributed by atoms with Gasteiger partial charge < -0.3 is 4.74 Å². The Labute approximate surface area is 139 Å². The Bertz CT molecular complexity index is 331. The van der Waals surface area contributed by atoms with Gasteiger partial charge in [-0.3, -0.25) is 4.79 Å². The van der Waals surface area contributed by atoms with Crippen molar-refractivity contribution in [1.82, 2.24) is 0 Å². The van der Waals surface area contributed by atoms with Gasteiger partial charge in [-0.1, -0.05) is 69.2 Å². The van der Waals surface area contributed by atoms with Gasteiger partial charge in [-0.25, -0.2) is 0 Å². The minimum absolute atomic E-state index is 0.0356. The van der Waals surface area contributed by atoms with Crippen LogP contribution in [-0.4, -0.2) is 12.6 Å². The zero-order valence-electron chi connectivity index (χ0n) is 16.9. The van der Waals surface area contributed by atoms with E-state index in [1.807, 2.05) is 0 Å². The molecular weight excluding hydrogens is 272 g/mol. The Morgan fingerprint density at radius 3 is 1.45 bits per heavy atom. The second-order valence-corrected chi connectivity index (χ2v) is 11.0.